The number of ketones is 1. The second-order valence-electron chi connectivity index (χ2n) is 19.5. The highest BCUT2D eigenvalue weighted by Crippen LogP contribution is 2.26. The van der Waals surface area contributed by atoms with Crippen LogP contribution in [0.2, 0.25) is 0 Å². The molecule has 3 rings (SSSR count). The molecule has 67 heavy (non-hydrogen) atoms. The summed E-state index contributed by atoms with van der Waals surface area (Å²) in [5.41, 5.74) is 0.631. The van der Waals surface area contributed by atoms with E-state index in [1.165, 1.54) is 37.8 Å². The number of amides is 5. The molecule has 2 heterocycles. The van der Waals surface area contributed by atoms with Crippen molar-refractivity contribution in [2.45, 2.75) is 169 Å². The zero-order chi connectivity index (χ0) is 50.4. The maximum absolute atomic E-state index is 14.7. The number of ether oxygens (including phenoxy) is 3. The van der Waals surface area contributed by atoms with Gasteiger partial charge in [-0.1, -0.05) is 73.9 Å². The molecule has 5 N–H and O–H groups in total. The van der Waals surface area contributed by atoms with Gasteiger partial charge in [-0.25, -0.2) is 4.79 Å². The monoisotopic (exact) mass is 943 g/mol. The molecule has 0 saturated carbocycles. The third-order valence-electron chi connectivity index (χ3n) is 12.9. The van der Waals surface area contributed by atoms with Crippen LogP contribution in [0.25, 0.3) is 0 Å². The number of rotatable bonds is 13. The number of cyclic esters (lactones) is 2. The molecule has 5 amide bonds. The predicted octanol–water partition coefficient (Wildman–Crippen LogP) is 2.71. The molecule has 2 aliphatic rings. The van der Waals surface area contributed by atoms with Gasteiger partial charge in [-0.2, -0.15) is 0 Å². The summed E-state index contributed by atoms with van der Waals surface area (Å²) in [5, 5.41) is 22.9. The van der Waals surface area contributed by atoms with E-state index in [2.05, 4.69) is 21.3 Å². The highest BCUT2D eigenvalue weighted by atomic mass is 16.6. The Kier molecular flexibility index (Phi) is 21.7. The number of Topliss-reactive ketones (excluding diaryl/α,β-unsaturated/α-hetero) is 1. The lowest BCUT2D eigenvalue weighted by molar-refractivity contribution is -0.163. The van der Waals surface area contributed by atoms with Crippen LogP contribution in [-0.2, 0) is 54.3 Å². The number of hydrogen-bond donors (Lipinski definition) is 5. The van der Waals surface area contributed by atoms with E-state index in [-0.39, 0.29) is 37.6 Å². The second kappa shape index (κ2) is 25.9. The first-order valence-electron chi connectivity index (χ1n) is 23.9. The Hall–Kier alpha value is -5.10. The molecule has 0 aromatic heterocycles. The molecule has 0 aliphatic carbocycles. The zero-order valence-electron chi connectivity index (χ0n) is 41.9. The lowest BCUT2D eigenvalue weighted by Crippen LogP contribution is -2.61. The lowest BCUT2D eigenvalue weighted by Gasteiger charge is -2.35. The van der Waals surface area contributed by atoms with Gasteiger partial charge < -0.3 is 50.4 Å². The van der Waals surface area contributed by atoms with Crippen LogP contribution in [0.15, 0.2) is 24.3 Å². The van der Waals surface area contributed by atoms with E-state index in [0.717, 1.165) is 0 Å². The smallest absolute Gasteiger partial charge is 0.329 e. The van der Waals surface area contributed by atoms with Gasteiger partial charge in [-0.05, 0) is 87.9 Å². The molecule has 376 valence electrons. The Balaban J connectivity index is 2.23. The SMILES string of the molecule is CC[C@H](C)[C@H]1NC(=O)C(NC(=O)[C@@H](CC(C)C)NC)[C@@H](C)OC(=O)[C@H](Cc2ccc(OC)cc2)N(C)C(=O)[C@@H]2CCCN2C(=O)[C@H](CC(C)C)NC(=O)[C@@H](C)C(=O)[C@H](C(C)C)OC(=O)C[C@@H]1O. The first-order chi connectivity index (χ1) is 31.4. The Labute approximate surface area is 396 Å². The summed E-state index contributed by atoms with van der Waals surface area (Å²) in [5.74, 6) is -7.71. The summed E-state index contributed by atoms with van der Waals surface area (Å²) in [6.45, 7) is 17.4. The van der Waals surface area contributed by atoms with Crippen molar-refractivity contribution < 1.29 is 57.7 Å². The number of fused-ring (bicyclic) bond motifs is 1. The number of carbonyl (C=O) groups excluding carboxylic acids is 8. The van der Waals surface area contributed by atoms with E-state index >= 15 is 0 Å². The minimum atomic E-state index is -1.55. The molecule has 18 heteroatoms. The van der Waals surface area contributed by atoms with Gasteiger partial charge in [-0.15, -0.1) is 0 Å². The van der Waals surface area contributed by atoms with Gasteiger partial charge in [0.1, 0.15) is 36.0 Å². The van der Waals surface area contributed by atoms with Gasteiger partial charge in [0.05, 0.1) is 37.6 Å². The molecule has 0 bridgehead atoms. The summed E-state index contributed by atoms with van der Waals surface area (Å²) >= 11 is 0. The lowest BCUT2D eigenvalue weighted by atomic mass is 9.91. The Morgan fingerprint density at radius 2 is 1.55 bits per heavy atom. The molecular weight excluding hydrogens is 865 g/mol. The van der Waals surface area contributed by atoms with Crippen molar-refractivity contribution in [3.8, 4) is 5.75 Å². The van der Waals surface area contributed by atoms with Crippen molar-refractivity contribution in [3.63, 3.8) is 0 Å². The summed E-state index contributed by atoms with van der Waals surface area (Å²) < 4.78 is 17.1. The van der Waals surface area contributed by atoms with E-state index in [1.807, 2.05) is 34.6 Å². The van der Waals surface area contributed by atoms with E-state index in [4.69, 9.17) is 14.2 Å². The maximum Gasteiger partial charge on any atom is 0.329 e. The number of nitrogens with zero attached hydrogens (tertiary/aromatic N) is 2. The number of aliphatic hydroxyl groups excluding tert-OH is 1. The number of methoxy groups -OCH3 is 1. The highest BCUT2D eigenvalue weighted by molar-refractivity contribution is 6.05. The summed E-state index contributed by atoms with van der Waals surface area (Å²) in [7, 11) is 4.56. The topological polar surface area (TPSA) is 239 Å². The van der Waals surface area contributed by atoms with Crippen LogP contribution in [0.3, 0.4) is 0 Å². The van der Waals surface area contributed by atoms with Gasteiger partial charge in [0.2, 0.25) is 29.5 Å². The first-order valence-corrected chi connectivity index (χ1v) is 23.9. The fraction of sp³-hybridized carbons (Fsp3) is 0.714. The van der Waals surface area contributed by atoms with Crippen LogP contribution in [0.1, 0.15) is 113 Å². The number of esters is 2. The van der Waals surface area contributed by atoms with Crippen molar-refractivity contribution in [2.24, 2.45) is 29.6 Å². The van der Waals surface area contributed by atoms with Crippen LogP contribution in [0.4, 0.5) is 0 Å². The minimum Gasteiger partial charge on any atom is -0.497 e. The normalized spacial score (nSPS) is 27.8. The molecule has 2 fully saturated rings. The molecule has 0 spiro atoms. The fourth-order valence-electron chi connectivity index (χ4n) is 8.55. The van der Waals surface area contributed by atoms with Gasteiger partial charge in [-0.3, -0.25) is 33.6 Å². The highest BCUT2D eigenvalue weighted by Gasteiger charge is 2.44. The Morgan fingerprint density at radius 1 is 0.910 bits per heavy atom. The van der Waals surface area contributed by atoms with Crippen molar-refractivity contribution in [1.29, 1.82) is 0 Å². The van der Waals surface area contributed by atoms with Crippen LogP contribution >= 0.6 is 0 Å². The molecule has 18 nitrogen and oxygen atoms in total. The van der Waals surface area contributed by atoms with E-state index in [1.54, 1.807) is 52.1 Å². The number of nitrogens with one attached hydrogen (secondary N) is 4. The molecule has 1 aromatic carbocycles. The largest absolute Gasteiger partial charge is 0.497 e. The summed E-state index contributed by atoms with van der Waals surface area (Å²) in [6.07, 6.45) is -3.30. The van der Waals surface area contributed by atoms with Gasteiger partial charge >= 0.3 is 11.9 Å². The van der Waals surface area contributed by atoms with Crippen LogP contribution in [0.5, 0.6) is 5.75 Å². The molecule has 1 aromatic rings. The summed E-state index contributed by atoms with van der Waals surface area (Å²) in [4.78, 5) is 116. The Bertz CT molecular complexity index is 1870. The van der Waals surface area contributed by atoms with Crippen molar-refractivity contribution in [2.75, 3.05) is 27.7 Å². The molecule has 11 atom stereocenters. The number of likely N-dealkylation sites (N-methyl/N-ethyl adjacent to an activating group) is 2. The quantitative estimate of drug-likeness (QED) is 0.142. The van der Waals surface area contributed by atoms with E-state index in [0.29, 0.717) is 30.6 Å². The van der Waals surface area contributed by atoms with Crippen LogP contribution in [-0.4, -0.2) is 144 Å². The van der Waals surface area contributed by atoms with Crippen LogP contribution < -0.4 is 26.0 Å². The van der Waals surface area contributed by atoms with E-state index in [9.17, 15) is 43.5 Å². The van der Waals surface area contributed by atoms with Gasteiger partial charge in [0, 0.05) is 20.0 Å². The molecular formula is C49H78N6O12. The second-order valence-corrected chi connectivity index (χ2v) is 19.5. The van der Waals surface area contributed by atoms with Gasteiger partial charge in [0.25, 0.3) is 0 Å². The number of aliphatic hydroxyl groups is 1. The third kappa shape index (κ3) is 15.5. The average Bonchev–Trinajstić information content (AvgIpc) is 3.77. The van der Waals surface area contributed by atoms with Gasteiger partial charge in [0.15, 0.2) is 11.9 Å². The number of benzene rings is 1. The maximum atomic E-state index is 14.7. The van der Waals surface area contributed by atoms with Crippen molar-refractivity contribution in [1.82, 2.24) is 31.1 Å². The summed E-state index contributed by atoms with van der Waals surface area (Å²) in [6, 6.07) is 0.0322. The standard InChI is InChI=1S/C49H78N6O12/c1-14-29(8)40-38(56)25-39(57)67-43(28(6)7)42(58)30(9)44(59)51-35(23-27(4)5)47(62)55-21-15-16-36(55)48(63)54(12)37(24-32-17-19-33(65-13)20-18-32)49(64)66-31(10)41(46(61)52-40)53-45(60)34(50-11)22-26(2)3/h17-20,26-31,34-38,40-41,43,50,56H,14-16,21-25H2,1-13H3,(H,51,59)(H,52,61)(H,53,60)/t29-,30-,31+,34+,35-,36-,37-,38-,40+,41?,43-/m0/s1. The van der Waals surface area contributed by atoms with E-state index < -0.39 is 126 Å². The molecule has 2 aliphatic heterocycles. The number of hydrogen-bond acceptors (Lipinski definition) is 13. The molecule has 1 unspecified atom stereocenters. The predicted molar refractivity (Wildman–Crippen MR) is 250 cm³/mol. The molecule has 2 saturated heterocycles. The van der Waals surface area contributed by atoms with Crippen LogP contribution in [0, 0.1) is 29.6 Å². The fourth-order valence-corrected chi connectivity index (χ4v) is 8.55. The third-order valence-corrected chi connectivity index (χ3v) is 12.9. The van der Waals surface area contributed by atoms with Crippen molar-refractivity contribution in [3.05, 3.63) is 29.8 Å². The Morgan fingerprint density at radius 3 is 2.10 bits per heavy atom. The molecule has 0 radical (unpaired) electrons. The minimum absolute atomic E-state index is 0.0500. The zero-order valence-corrected chi connectivity index (χ0v) is 41.9. The van der Waals surface area contributed by atoms with Crippen molar-refractivity contribution >= 4 is 47.3 Å². The number of carbonyl (C=O) groups is 8. The average molecular weight is 943 g/mol. The first kappa shape index (κ1) is 56.2.